The molecular formula is C14H16BrNS. The predicted molar refractivity (Wildman–Crippen MR) is 78.5 cm³/mol. The Morgan fingerprint density at radius 2 is 1.88 bits per heavy atom. The lowest BCUT2D eigenvalue weighted by Gasteiger charge is -2.13. The van der Waals surface area contributed by atoms with E-state index in [9.17, 15) is 0 Å². The van der Waals surface area contributed by atoms with Gasteiger partial charge in [0.1, 0.15) is 0 Å². The molecule has 90 valence electrons. The largest absolute Gasteiger partial charge is 0.305 e. The fraction of sp³-hybridized carbons (Fsp3) is 0.286. The third-order valence-electron chi connectivity index (χ3n) is 2.75. The molecule has 3 heteroatoms. The van der Waals surface area contributed by atoms with E-state index in [2.05, 4.69) is 71.5 Å². The summed E-state index contributed by atoms with van der Waals surface area (Å²) >= 11 is 5.31. The molecule has 2 rings (SSSR count). The first-order chi connectivity index (χ1) is 8.15. The molecule has 0 radical (unpaired) electrons. The second kappa shape index (κ2) is 5.80. The zero-order valence-corrected chi connectivity index (χ0v) is 12.4. The lowest BCUT2D eigenvalue weighted by Crippen LogP contribution is -2.17. The Balaban J connectivity index is 1.93. The molecule has 0 aliphatic carbocycles. The fourth-order valence-electron chi connectivity index (χ4n) is 1.70. The Kier molecular flexibility index (Phi) is 4.37. The SMILES string of the molecule is Cc1ccc(CN[C@@H](C)c2ccc(Br)cc2)s1. The van der Waals surface area contributed by atoms with Gasteiger partial charge in [0.15, 0.2) is 0 Å². The minimum absolute atomic E-state index is 0.380. The quantitative estimate of drug-likeness (QED) is 0.865. The van der Waals surface area contributed by atoms with Crippen molar-refractivity contribution in [2.24, 2.45) is 0 Å². The monoisotopic (exact) mass is 309 g/mol. The van der Waals surface area contributed by atoms with Gasteiger partial charge >= 0.3 is 0 Å². The third-order valence-corrected chi connectivity index (χ3v) is 4.28. The van der Waals surface area contributed by atoms with Crippen molar-refractivity contribution in [1.82, 2.24) is 5.32 Å². The molecular weight excluding hydrogens is 294 g/mol. The zero-order valence-electron chi connectivity index (χ0n) is 10.0. The maximum absolute atomic E-state index is 3.54. The first-order valence-corrected chi connectivity index (χ1v) is 7.30. The molecule has 0 unspecified atom stereocenters. The first kappa shape index (κ1) is 12.8. The maximum atomic E-state index is 3.54. The molecule has 1 aromatic carbocycles. The Morgan fingerprint density at radius 1 is 1.18 bits per heavy atom. The van der Waals surface area contributed by atoms with E-state index in [1.54, 1.807) is 0 Å². The molecule has 0 fully saturated rings. The molecule has 0 saturated carbocycles. The molecule has 1 N–H and O–H groups in total. The number of halogens is 1. The normalized spacial score (nSPS) is 12.6. The van der Waals surface area contributed by atoms with E-state index in [1.807, 2.05) is 11.3 Å². The lowest BCUT2D eigenvalue weighted by atomic mass is 10.1. The van der Waals surface area contributed by atoms with E-state index < -0.39 is 0 Å². The van der Waals surface area contributed by atoms with Crippen molar-refractivity contribution in [1.29, 1.82) is 0 Å². The summed E-state index contributed by atoms with van der Waals surface area (Å²) in [6, 6.07) is 13.2. The number of hydrogen-bond acceptors (Lipinski definition) is 2. The van der Waals surface area contributed by atoms with Gasteiger partial charge in [-0.15, -0.1) is 11.3 Å². The summed E-state index contributed by atoms with van der Waals surface area (Å²) in [6.45, 7) is 5.28. The van der Waals surface area contributed by atoms with Crippen molar-refractivity contribution >= 4 is 27.3 Å². The van der Waals surface area contributed by atoms with E-state index in [-0.39, 0.29) is 0 Å². The smallest absolute Gasteiger partial charge is 0.0305 e. The van der Waals surface area contributed by atoms with Crippen LogP contribution in [-0.2, 0) is 6.54 Å². The second-order valence-corrected chi connectivity index (χ2v) is 6.45. The van der Waals surface area contributed by atoms with Gasteiger partial charge in [-0.25, -0.2) is 0 Å². The van der Waals surface area contributed by atoms with E-state index in [4.69, 9.17) is 0 Å². The number of thiophene rings is 1. The molecule has 0 aliphatic heterocycles. The summed E-state index contributed by atoms with van der Waals surface area (Å²) in [7, 11) is 0. The van der Waals surface area contributed by atoms with Gasteiger partial charge in [0.05, 0.1) is 0 Å². The van der Waals surface area contributed by atoms with Crippen LogP contribution in [-0.4, -0.2) is 0 Å². The number of benzene rings is 1. The highest BCUT2D eigenvalue weighted by molar-refractivity contribution is 9.10. The molecule has 1 heterocycles. The van der Waals surface area contributed by atoms with Gasteiger partial charge in [0.2, 0.25) is 0 Å². The van der Waals surface area contributed by atoms with Crippen LogP contribution in [0.4, 0.5) is 0 Å². The molecule has 0 saturated heterocycles. The topological polar surface area (TPSA) is 12.0 Å². The Morgan fingerprint density at radius 3 is 2.47 bits per heavy atom. The average molecular weight is 310 g/mol. The van der Waals surface area contributed by atoms with Crippen LogP contribution in [0.1, 0.15) is 28.3 Å². The molecule has 1 atom stereocenters. The van der Waals surface area contributed by atoms with Gasteiger partial charge < -0.3 is 5.32 Å². The highest BCUT2D eigenvalue weighted by Crippen LogP contribution is 2.19. The van der Waals surface area contributed by atoms with Gasteiger partial charge in [0.25, 0.3) is 0 Å². The van der Waals surface area contributed by atoms with E-state index >= 15 is 0 Å². The molecule has 1 aromatic heterocycles. The van der Waals surface area contributed by atoms with Gasteiger partial charge in [-0.3, -0.25) is 0 Å². The molecule has 0 amide bonds. The second-order valence-electron chi connectivity index (χ2n) is 4.17. The summed E-state index contributed by atoms with van der Waals surface area (Å²) in [5.74, 6) is 0. The van der Waals surface area contributed by atoms with Crippen molar-refractivity contribution in [3.63, 3.8) is 0 Å². The Hall–Kier alpha value is -0.640. The van der Waals surface area contributed by atoms with Gasteiger partial charge in [-0.2, -0.15) is 0 Å². The van der Waals surface area contributed by atoms with E-state index in [0.29, 0.717) is 6.04 Å². The molecule has 1 nitrogen and oxygen atoms in total. The summed E-state index contributed by atoms with van der Waals surface area (Å²) in [6.07, 6.45) is 0. The van der Waals surface area contributed by atoms with E-state index in [0.717, 1.165) is 11.0 Å². The fourth-order valence-corrected chi connectivity index (χ4v) is 2.81. The van der Waals surface area contributed by atoms with Crippen molar-refractivity contribution in [2.45, 2.75) is 26.4 Å². The number of rotatable bonds is 4. The van der Waals surface area contributed by atoms with Crippen molar-refractivity contribution in [3.8, 4) is 0 Å². The van der Waals surface area contributed by atoms with Crippen molar-refractivity contribution in [3.05, 3.63) is 56.2 Å². The van der Waals surface area contributed by atoms with Crippen LogP contribution in [0.5, 0.6) is 0 Å². The Bertz CT molecular complexity index is 475. The van der Waals surface area contributed by atoms with Crippen LogP contribution in [0.3, 0.4) is 0 Å². The average Bonchev–Trinajstić information content (AvgIpc) is 2.73. The summed E-state index contributed by atoms with van der Waals surface area (Å²) < 4.78 is 1.13. The number of aryl methyl sites for hydroxylation is 1. The minimum Gasteiger partial charge on any atom is -0.305 e. The highest BCUT2D eigenvalue weighted by atomic mass is 79.9. The molecule has 17 heavy (non-hydrogen) atoms. The predicted octanol–water partition coefficient (Wildman–Crippen LogP) is 4.67. The van der Waals surface area contributed by atoms with Crippen LogP contribution < -0.4 is 5.32 Å². The first-order valence-electron chi connectivity index (χ1n) is 5.69. The van der Waals surface area contributed by atoms with Crippen LogP contribution >= 0.6 is 27.3 Å². The summed E-state index contributed by atoms with van der Waals surface area (Å²) in [5, 5.41) is 3.54. The van der Waals surface area contributed by atoms with Crippen molar-refractivity contribution < 1.29 is 0 Å². The molecule has 0 aliphatic rings. The third kappa shape index (κ3) is 3.66. The van der Waals surface area contributed by atoms with E-state index in [1.165, 1.54) is 15.3 Å². The van der Waals surface area contributed by atoms with Crippen LogP contribution in [0.15, 0.2) is 40.9 Å². The number of nitrogens with one attached hydrogen (secondary N) is 1. The number of hydrogen-bond donors (Lipinski definition) is 1. The standard InChI is InChI=1S/C14H16BrNS/c1-10-3-8-14(17-10)9-16-11(2)12-4-6-13(15)7-5-12/h3-8,11,16H,9H2,1-2H3/t11-/m0/s1. The molecule has 2 aromatic rings. The van der Waals surface area contributed by atoms with Gasteiger partial charge in [-0.05, 0) is 43.7 Å². The minimum atomic E-state index is 0.380. The highest BCUT2D eigenvalue weighted by Gasteiger charge is 2.05. The summed E-state index contributed by atoms with van der Waals surface area (Å²) in [5.41, 5.74) is 1.32. The molecule has 0 bridgehead atoms. The lowest BCUT2D eigenvalue weighted by molar-refractivity contribution is 0.579. The van der Waals surface area contributed by atoms with Gasteiger partial charge in [0, 0.05) is 26.8 Å². The molecule has 0 spiro atoms. The Labute approximate surface area is 115 Å². The summed E-state index contributed by atoms with van der Waals surface area (Å²) in [4.78, 5) is 2.77. The van der Waals surface area contributed by atoms with Crippen LogP contribution in [0.2, 0.25) is 0 Å². The van der Waals surface area contributed by atoms with Crippen molar-refractivity contribution in [2.75, 3.05) is 0 Å². The van der Waals surface area contributed by atoms with Crippen LogP contribution in [0, 0.1) is 6.92 Å². The van der Waals surface area contributed by atoms with Crippen LogP contribution in [0.25, 0.3) is 0 Å². The van der Waals surface area contributed by atoms with Gasteiger partial charge in [-0.1, -0.05) is 28.1 Å². The maximum Gasteiger partial charge on any atom is 0.0305 e. The zero-order chi connectivity index (χ0) is 12.3.